The summed E-state index contributed by atoms with van der Waals surface area (Å²) in [4.78, 5) is 38.1. The minimum absolute atomic E-state index is 0.125. The number of hydrogen-bond donors (Lipinski definition) is 1. The Kier molecular flexibility index (Phi) is 7.87. The fourth-order valence-electron chi connectivity index (χ4n) is 3.08. The Labute approximate surface area is 179 Å². The van der Waals surface area contributed by atoms with Gasteiger partial charge in [-0.15, -0.1) is 0 Å². The first-order valence-corrected chi connectivity index (χ1v) is 10.6. The van der Waals surface area contributed by atoms with E-state index in [-0.39, 0.29) is 30.8 Å². The van der Waals surface area contributed by atoms with E-state index in [1.165, 1.54) is 5.01 Å². The van der Waals surface area contributed by atoms with Crippen LogP contribution in [0.3, 0.4) is 0 Å². The molecule has 1 amide bonds. The minimum atomic E-state index is -0.988. The third-order valence-corrected chi connectivity index (χ3v) is 5.39. The lowest BCUT2D eigenvalue weighted by atomic mass is 10.1. The van der Waals surface area contributed by atoms with Gasteiger partial charge in [0.15, 0.2) is 5.12 Å². The molecule has 1 aliphatic heterocycles. The van der Waals surface area contributed by atoms with E-state index < -0.39 is 18.1 Å². The van der Waals surface area contributed by atoms with Crippen molar-refractivity contribution < 1.29 is 23.9 Å². The molecule has 0 aliphatic carbocycles. The first-order chi connectivity index (χ1) is 14.6. The van der Waals surface area contributed by atoms with Gasteiger partial charge in [-0.1, -0.05) is 60.3 Å². The molecule has 0 radical (unpaired) electrons. The van der Waals surface area contributed by atoms with Gasteiger partial charge in [-0.3, -0.25) is 9.59 Å². The molecule has 7 nitrogen and oxygen atoms in total. The van der Waals surface area contributed by atoms with Gasteiger partial charge < -0.3 is 9.47 Å². The number of nitrogens with zero attached hydrogens (tertiary/aromatic N) is 1. The van der Waals surface area contributed by atoms with Gasteiger partial charge in [0.1, 0.15) is 12.6 Å². The van der Waals surface area contributed by atoms with Crippen molar-refractivity contribution in [2.24, 2.45) is 0 Å². The highest BCUT2D eigenvalue weighted by Crippen LogP contribution is 2.22. The lowest BCUT2D eigenvalue weighted by molar-refractivity contribution is -0.148. The summed E-state index contributed by atoms with van der Waals surface area (Å²) in [5, 5.41) is 1.09. The van der Waals surface area contributed by atoms with E-state index in [1.54, 1.807) is 6.92 Å². The second-order valence-corrected chi connectivity index (χ2v) is 7.85. The molecule has 0 unspecified atom stereocenters. The van der Waals surface area contributed by atoms with Gasteiger partial charge in [0.2, 0.25) is 0 Å². The number of hydrogen-bond acceptors (Lipinski definition) is 7. The Balaban J connectivity index is 1.68. The van der Waals surface area contributed by atoms with E-state index in [0.717, 1.165) is 22.2 Å². The van der Waals surface area contributed by atoms with Crippen molar-refractivity contribution in [2.45, 2.75) is 36.7 Å². The number of rotatable bonds is 9. The topological polar surface area (TPSA) is 84.9 Å². The molecular weight excluding hydrogens is 404 g/mol. The monoisotopic (exact) mass is 428 g/mol. The summed E-state index contributed by atoms with van der Waals surface area (Å²) in [5.74, 6) is -0.585. The minimum Gasteiger partial charge on any atom is -0.465 e. The lowest BCUT2D eigenvalue weighted by Gasteiger charge is -2.26. The summed E-state index contributed by atoms with van der Waals surface area (Å²) in [7, 11) is 0. The van der Waals surface area contributed by atoms with Crippen LogP contribution >= 0.6 is 11.8 Å². The van der Waals surface area contributed by atoms with Gasteiger partial charge in [-0.2, -0.15) is 0 Å². The van der Waals surface area contributed by atoms with Crippen LogP contribution in [0.25, 0.3) is 0 Å². The third kappa shape index (κ3) is 6.08. The third-order valence-electron chi connectivity index (χ3n) is 4.49. The summed E-state index contributed by atoms with van der Waals surface area (Å²) in [5.41, 5.74) is 3.93. The molecule has 2 aromatic rings. The summed E-state index contributed by atoms with van der Waals surface area (Å²) >= 11 is 1.05. The number of benzene rings is 2. The van der Waals surface area contributed by atoms with Gasteiger partial charge >= 0.3 is 12.1 Å². The molecule has 158 valence electrons. The molecule has 2 atom stereocenters. The maximum atomic E-state index is 12.5. The number of carbonyl (C=O) groups is 3. The SMILES string of the molecule is CCOC(=O)[C@H](CC(=O)Sc1ccccc1)NN1C(=O)OC[C@@H]1Cc1ccccc1. The van der Waals surface area contributed by atoms with Crippen molar-refractivity contribution in [1.29, 1.82) is 0 Å². The van der Waals surface area contributed by atoms with Gasteiger partial charge in [0, 0.05) is 11.3 Å². The number of cyclic esters (lactones) is 1. The number of hydrazine groups is 1. The zero-order chi connectivity index (χ0) is 21.3. The molecule has 2 aromatic carbocycles. The van der Waals surface area contributed by atoms with Crippen LogP contribution in [-0.2, 0) is 25.5 Å². The van der Waals surface area contributed by atoms with E-state index in [2.05, 4.69) is 5.43 Å². The molecular formula is C22H24N2O5S. The fraction of sp³-hybridized carbons (Fsp3) is 0.318. The number of esters is 1. The van der Waals surface area contributed by atoms with Crippen molar-refractivity contribution in [3.8, 4) is 0 Å². The second-order valence-electron chi connectivity index (χ2n) is 6.72. The summed E-state index contributed by atoms with van der Waals surface area (Å²) < 4.78 is 10.3. The highest BCUT2D eigenvalue weighted by Gasteiger charge is 2.37. The average molecular weight is 429 g/mol. The Morgan fingerprint density at radius 2 is 1.83 bits per heavy atom. The normalized spacial score (nSPS) is 16.8. The number of thioether (sulfide) groups is 1. The molecule has 0 saturated carbocycles. The van der Waals surface area contributed by atoms with Crippen LogP contribution in [0, 0.1) is 0 Å². The van der Waals surface area contributed by atoms with Crippen LogP contribution in [0.4, 0.5) is 4.79 Å². The molecule has 1 fully saturated rings. The molecule has 1 heterocycles. The smallest absolute Gasteiger partial charge is 0.424 e. The van der Waals surface area contributed by atoms with Gasteiger partial charge in [-0.05, 0) is 31.0 Å². The molecule has 1 saturated heterocycles. The van der Waals surface area contributed by atoms with E-state index in [4.69, 9.17) is 9.47 Å². The predicted octanol–water partition coefficient (Wildman–Crippen LogP) is 3.20. The van der Waals surface area contributed by atoms with Gasteiger partial charge in [-0.25, -0.2) is 15.2 Å². The standard InChI is InChI=1S/C22H24N2O5S/c1-2-28-21(26)19(14-20(25)30-18-11-7-4-8-12-18)23-24-17(15-29-22(24)27)13-16-9-5-3-6-10-16/h3-12,17,19,23H,2,13-15H2,1H3/t17-,19-/m0/s1. The Bertz CT molecular complexity index is 862. The van der Waals surface area contributed by atoms with E-state index in [9.17, 15) is 14.4 Å². The number of ether oxygens (including phenoxy) is 2. The molecule has 0 bridgehead atoms. The van der Waals surface area contributed by atoms with Gasteiger partial charge in [0.25, 0.3) is 0 Å². The zero-order valence-electron chi connectivity index (χ0n) is 16.7. The van der Waals surface area contributed by atoms with Crippen LogP contribution in [-0.4, -0.2) is 47.5 Å². The first-order valence-electron chi connectivity index (χ1n) is 9.75. The van der Waals surface area contributed by atoms with Crippen LogP contribution in [0.2, 0.25) is 0 Å². The molecule has 8 heteroatoms. The average Bonchev–Trinajstić information content (AvgIpc) is 3.08. The summed E-state index contributed by atoms with van der Waals surface area (Å²) in [6.07, 6.45) is -0.143. The zero-order valence-corrected chi connectivity index (χ0v) is 17.5. The molecule has 1 aliphatic rings. The van der Waals surface area contributed by atoms with Crippen molar-refractivity contribution in [1.82, 2.24) is 10.4 Å². The Morgan fingerprint density at radius 1 is 1.17 bits per heavy atom. The van der Waals surface area contributed by atoms with E-state index in [1.807, 2.05) is 60.7 Å². The molecule has 30 heavy (non-hydrogen) atoms. The van der Waals surface area contributed by atoms with Crippen molar-refractivity contribution >= 4 is 28.9 Å². The first kappa shape index (κ1) is 21.9. The molecule has 0 spiro atoms. The van der Waals surface area contributed by atoms with Crippen molar-refractivity contribution in [3.63, 3.8) is 0 Å². The molecule has 3 rings (SSSR count). The van der Waals surface area contributed by atoms with E-state index >= 15 is 0 Å². The highest BCUT2D eigenvalue weighted by atomic mass is 32.2. The van der Waals surface area contributed by atoms with Crippen LogP contribution in [0.1, 0.15) is 18.9 Å². The largest absolute Gasteiger partial charge is 0.465 e. The quantitative estimate of drug-likeness (QED) is 0.485. The Hall–Kier alpha value is -2.84. The van der Waals surface area contributed by atoms with E-state index in [0.29, 0.717) is 6.42 Å². The summed E-state index contributed by atoms with van der Waals surface area (Å²) in [6.45, 7) is 2.07. The molecule has 1 N–H and O–H groups in total. The van der Waals surface area contributed by atoms with Crippen molar-refractivity contribution in [2.75, 3.05) is 13.2 Å². The lowest BCUT2D eigenvalue weighted by Crippen LogP contribution is -2.53. The maximum Gasteiger partial charge on any atom is 0.424 e. The highest BCUT2D eigenvalue weighted by molar-refractivity contribution is 8.13. The van der Waals surface area contributed by atoms with Crippen LogP contribution in [0.5, 0.6) is 0 Å². The van der Waals surface area contributed by atoms with Crippen molar-refractivity contribution in [3.05, 3.63) is 66.2 Å². The van der Waals surface area contributed by atoms with Crippen LogP contribution in [0.15, 0.2) is 65.6 Å². The Morgan fingerprint density at radius 3 is 2.50 bits per heavy atom. The maximum absolute atomic E-state index is 12.5. The number of amides is 1. The molecule has 0 aromatic heterocycles. The van der Waals surface area contributed by atoms with Gasteiger partial charge in [0.05, 0.1) is 12.6 Å². The number of carbonyl (C=O) groups excluding carboxylic acids is 3. The summed E-state index contributed by atoms with van der Waals surface area (Å²) in [6, 6.07) is 17.6. The fourth-order valence-corrected chi connectivity index (χ4v) is 3.88. The second kappa shape index (κ2) is 10.8. The number of nitrogens with one attached hydrogen (secondary N) is 1. The van der Waals surface area contributed by atoms with Crippen LogP contribution < -0.4 is 5.43 Å². The predicted molar refractivity (Wildman–Crippen MR) is 113 cm³/mol.